The van der Waals surface area contributed by atoms with Crippen LogP contribution in [0.1, 0.15) is 5.56 Å². The molecule has 1 fully saturated rings. The number of halogens is 1. The van der Waals surface area contributed by atoms with Crippen LogP contribution in [0.5, 0.6) is 5.75 Å². The molecule has 0 unspecified atom stereocenters. The highest BCUT2D eigenvalue weighted by Gasteiger charge is 2.16. The summed E-state index contributed by atoms with van der Waals surface area (Å²) in [7, 11) is 1.64. The van der Waals surface area contributed by atoms with Gasteiger partial charge in [0.25, 0.3) is 0 Å². The molecular formula is C23H21ClN8O. The highest BCUT2D eigenvalue weighted by molar-refractivity contribution is 6.32. The maximum atomic E-state index is 9.25. The summed E-state index contributed by atoms with van der Waals surface area (Å²) in [6.07, 6.45) is 4.93. The second-order valence-electron chi connectivity index (χ2n) is 7.54. The summed E-state index contributed by atoms with van der Waals surface area (Å²) in [6, 6.07) is 11.7. The van der Waals surface area contributed by atoms with Gasteiger partial charge in [0.05, 0.1) is 41.5 Å². The zero-order chi connectivity index (χ0) is 22.8. The Morgan fingerprint density at radius 1 is 1.15 bits per heavy atom. The molecule has 1 aliphatic heterocycles. The fourth-order valence-electron chi connectivity index (χ4n) is 3.85. The minimum Gasteiger partial charge on any atom is -0.494 e. The maximum absolute atomic E-state index is 9.25. The number of nitrogens with zero attached hydrogens (tertiary/aromatic N) is 6. The van der Waals surface area contributed by atoms with E-state index < -0.39 is 0 Å². The van der Waals surface area contributed by atoms with Gasteiger partial charge in [-0.1, -0.05) is 11.6 Å². The average Bonchev–Trinajstić information content (AvgIpc) is 3.29. The quantitative estimate of drug-likeness (QED) is 0.466. The van der Waals surface area contributed by atoms with Gasteiger partial charge in [-0.3, -0.25) is 4.40 Å². The van der Waals surface area contributed by atoms with Crippen molar-refractivity contribution in [2.45, 2.75) is 0 Å². The van der Waals surface area contributed by atoms with Crippen LogP contribution in [0.4, 0.5) is 17.3 Å². The number of imidazole rings is 1. The average molecular weight is 461 g/mol. The summed E-state index contributed by atoms with van der Waals surface area (Å²) in [5.74, 6) is 1.06. The fraction of sp³-hybridized carbons (Fsp3) is 0.217. The minimum absolute atomic E-state index is 0.369. The standard InChI is InChI=1S/C23H21ClN8O/c1-33-20-10-16(31-8-6-26-7-9-31)3-4-18(20)29-23-28-12-17(24)22(30-23)19-13-27-21-5-2-15(11-25)14-32(19)21/h2-5,10,12-14,26H,6-9H2,1H3,(H,28,29,30). The maximum Gasteiger partial charge on any atom is 0.227 e. The molecule has 1 aliphatic rings. The molecular weight excluding hydrogens is 440 g/mol. The summed E-state index contributed by atoms with van der Waals surface area (Å²) in [4.78, 5) is 15.7. The molecule has 0 radical (unpaired) electrons. The number of pyridine rings is 1. The molecule has 166 valence electrons. The van der Waals surface area contributed by atoms with E-state index in [1.807, 2.05) is 12.1 Å². The van der Waals surface area contributed by atoms with Crippen LogP contribution in [-0.2, 0) is 0 Å². The van der Waals surface area contributed by atoms with Crippen LogP contribution < -0.4 is 20.3 Å². The van der Waals surface area contributed by atoms with E-state index in [1.165, 1.54) is 0 Å². The van der Waals surface area contributed by atoms with Gasteiger partial charge in [-0.25, -0.2) is 15.0 Å². The Morgan fingerprint density at radius 2 is 2.00 bits per heavy atom. The van der Waals surface area contributed by atoms with Crippen molar-refractivity contribution in [3.63, 3.8) is 0 Å². The van der Waals surface area contributed by atoms with Crippen molar-refractivity contribution in [1.82, 2.24) is 24.7 Å². The van der Waals surface area contributed by atoms with E-state index in [4.69, 9.17) is 16.3 Å². The van der Waals surface area contributed by atoms with Crippen molar-refractivity contribution < 1.29 is 4.74 Å². The van der Waals surface area contributed by atoms with Crippen LogP contribution in [0.25, 0.3) is 17.0 Å². The minimum atomic E-state index is 0.369. The first-order chi connectivity index (χ1) is 16.2. The first kappa shape index (κ1) is 21.0. The highest BCUT2D eigenvalue weighted by atomic mass is 35.5. The van der Waals surface area contributed by atoms with E-state index in [-0.39, 0.29) is 0 Å². The SMILES string of the molecule is COc1cc(N2CCNCC2)ccc1Nc1ncc(Cl)c(-c2cnc3ccc(C#N)cn23)n1. The molecule has 4 aromatic rings. The molecule has 0 saturated carbocycles. The summed E-state index contributed by atoms with van der Waals surface area (Å²) in [5, 5.41) is 16.2. The zero-order valence-electron chi connectivity index (χ0n) is 17.9. The number of fused-ring (bicyclic) bond motifs is 1. The molecule has 0 bridgehead atoms. The van der Waals surface area contributed by atoms with Gasteiger partial charge in [-0.05, 0) is 24.3 Å². The summed E-state index contributed by atoms with van der Waals surface area (Å²) < 4.78 is 7.42. The van der Waals surface area contributed by atoms with Crippen molar-refractivity contribution in [3.05, 3.63) is 59.5 Å². The number of rotatable bonds is 5. The number of nitriles is 1. The van der Waals surface area contributed by atoms with Crippen molar-refractivity contribution in [2.24, 2.45) is 0 Å². The lowest BCUT2D eigenvalue weighted by atomic mass is 10.2. The molecule has 0 spiro atoms. The van der Waals surface area contributed by atoms with Crippen LogP contribution in [0, 0.1) is 11.3 Å². The molecule has 4 heterocycles. The Hall–Kier alpha value is -3.87. The van der Waals surface area contributed by atoms with Crippen LogP contribution in [0.15, 0.2) is 48.9 Å². The Balaban J connectivity index is 1.47. The van der Waals surface area contributed by atoms with Gasteiger partial charge in [-0.2, -0.15) is 5.26 Å². The molecule has 5 rings (SSSR count). The van der Waals surface area contributed by atoms with Gasteiger partial charge in [0, 0.05) is 44.1 Å². The molecule has 0 atom stereocenters. The van der Waals surface area contributed by atoms with Crippen molar-refractivity contribution in [2.75, 3.05) is 43.5 Å². The Morgan fingerprint density at radius 3 is 2.79 bits per heavy atom. The number of hydrogen-bond donors (Lipinski definition) is 2. The first-order valence-electron chi connectivity index (χ1n) is 10.5. The van der Waals surface area contributed by atoms with Crippen molar-refractivity contribution in [1.29, 1.82) is 5.26 Å². The van der Waals surface area contributed by atoms with Gasteiger partial charge in [-0.15, -0.1) is 0 Å². The fourth-order valence-corrected chi connectivity index (χ4v) is 4.04. The lowest BCUT2D eigenvalue weighted by Gasteiger charge is -2.30. The molecule has 3 aromatic heterocycles. The Bertz CT molecular complexity index is 1360. The third-order valence-corrected chi connectivity index (χ3v) is 5.81. The van der Waals surface area contributed by atoms with Gasteiger partial charge in [0.1, 0.15) is 23.2 Å². The van der Waals surface area contributed by atoms with E-state index in [0.29, 0.717) is 39.3 Å². The van der Waals surface area contributed by atoms with E-state index in [2.05, 4.69) is 42.6 Å². The third-order valence-electron chi connectivity index (χ3n) is 5.54. The smallest absolute Gasteiger partial charge is 0.227 e. The number of benzene rings is 1. The number of ether oxygens (including phenoxy) is 1. The largest absolute Gasteiger partial charge is 0.494 e. The predicted octanol–water partition coefficient (Wildman–Crippen LogP) is 3.48. The topological polar surface area (TPSA) is 103 Å². The van der Waals surface area contributed by atoms with Crippen molar-refractivity contribution in [3.8, 4) is 23.2 Å². The van der Waals surface area contributed by atoms with Gasteiger partial charge in [0.15, 0.2) is 0 Å². The number of piperazine rings is 1. The van der Waals surface area contributed by atoms with Crippen LogP contribution in [0.2, 0.25) is 5.02 Å². The number of aromatic nitrogens is 4. The van der Waals surface area contributed by atoms with Gasteiger partial charge < -0.3 is 20.3 Å². The molecule has 0 aliphatic carbocycles. The Labute approximate surface area is 195 Å². The number of anilines is 3. The van der Waals surface area contributed by atoms with Crippen LogP contribution in [0.3, 0.4) is 0 Å². The molecule has 10 heteroatoms. The molecule has 9 nitrogen and oxygen atoms in total. The normalized spacial score (nSPS) is 13.7. The first-order valence-corrected chi connectivity index (χ1v) is 10.8. The lowest BCUT2D eigenvalue weighted by Crippen LogP contribution is -2.43. The number of nitrogens with one attached hydrogen (secondary N) is 2. The summed E-state index contributed by atoms with van der Waals surface area (Å²) in [5.41, 5.74) is 4.23. The zero-order valence-corrected chi connectivity index (χ0v) is 18.7. The van der Waals surface area contributed by atoms with E-state index in [1.54, 1.807) is 42.2 Å². The monoisotopic (exact) mass is 460 g/mol. The van der Waals surface area contributed by atoms with Gasteiger partial charge in [0.2, 0.25) is 5.95 Å². The number of hydrogen-bond acceptors (Lipinski definition) is 8. The molecule has 1 saturated heterocycles. The van der Waals surface area contributed by atoms with Crippen LogP contribution in [-0.4, -0.2) is 52.6 Å². The Kier molecular flexibility index (Phi) is 5.69. The third kappa shape index (κ3) is 4.14. The highest BCUT2D eigenvalue weighted by Crippen LogP contribution is 2.33. The summed E-state index contributed by atoms with van der Waals surface area (Å²) >= 11 is 6.44. The predicted molar refractivity (Wildman–Crippen MR) is 127 cm³/mol. The molecule has 2 N–H and O–H groups in total. The van der Waals surface area contributed by atoms with Crippen molar-refractivity contribution >= 4 is 34.6 Å². The van der Waals surface area contributed by atoms with E-state index in [0.717, 1.165) is 37.6 Å². The molecule has 1 aromatic carbocycles. The molecule has 33 heavy (non-hydrogen) atoms. The second-order valence-corrected chi connectivity index (χ2v) is 7.95. The van der Waals surface area contributed by atoms with E-state index in [9.17, 15) is 5.26 Å². The lowest BCUT2D eigenvalue weighted by molar-refractivity contribution is 0.416. The summed E-state index contributed by atoms with van der Waals surface area (Å²) in [6.45, 7) is 3.82. The van der Waals surface area contributed by atoms with Crippen LogP contribution >= 0.6 is 11.6 Å². The van der Waals surface area contributed by atoms with Gasteiger partial charge >= 0.3 is 0 Å². The number of methoxy groups -OCH3 is 1. The second kappa shape index (κ2) is 8.94. The molecule has 0 amide bonds. The van der Waals surface area contributed by atoms with E-state index >= 15 is 0 Å².